The molecule has 4 N–H and O–H groups in total. The zero-order valence-electron chi connectivity index (χ0n) is 18.3. The standard InChI is InChI=1S/C22H24N4O8/c1-33-19(27)12-17(23)21(29)25-18(11-14-5-3-2-4-6-14)22(30)24-13-20(28)34-16-9-7-15(8-10-16)26(31)32/h2-10,17-18H,11-13,23H2,1H3,(H,24,30)(H,25,29). The summed E-state index contributed by atoms with van der Waals surface area (Å²) >= 11 is 0. The van der Waals surface area contributed by atoms with Crippen molar-refractivity contribution in [2.45, 2.75) is 24.9 Å². The molecule has 12 nitrogen and oxygen atoms in total. The third-order valence-corrected chi connectivity index (χ3v) is 4.55. The number of benzene rings is 2. The number of ether oxygens (including phenoxy) is 2. The van der Waals surface area contributed by atoms with Crippen LogP contribution in [-0.2, 0) is 30.3 Å². The van der Waals surface area contributed by atoms with Crippen molar-refractivity contribution in [3.63, 3.8) is 0 Å². The van der Waals surface area contributed by atoms with Crippen molar-refractivity contribution in [3.05, 3.63) is 70.3 Å². The fourth-order valence-corrected chi connectivity index (χ4v) is 2.78. The number of hydrogen-bond acceptors (Lipinski definition) is 9. The molecule has 2 unspecified atom stereocenters. The van der Waals surface area contributed by atoms with E-state index in [1.165, 1.54) is 24.3 Å². The zero-order chi connectivity index (χ0) is 25.1. The molecule has 180 valence electrons. The van der Waals surface area contributed by atoms with Gasteiger partial charge in [0.2, 0.25) is 11.8 Å². The Hall–Kier alpha value is -4.32. The molecule has 0 radical (unpaired) electrons. The third kappa shape index (κ3) is 8.31. The number of carbonyl (C=O) groups excluding carboxylic acids is 4. The van der Waals surface area contributed by atoms with E-state index in [9.17, 15) is 29.3 Å². The molecule has 0 saturated carbocycles. The van der Waals surface area contributed by atoms with Gasteiger partial charge < -0.3 is 25.8 Å². The number of esters is 2. The van der Waals surface area contributed by atoms with E-state index < -0.39 is 47.3 Å². The van der Waals surface area contributed by atoms with E-state index in [1.807, 2.05) is 0 Å². The normalized spacial score (nSPS) is 12.1. The first-order chi connectivity index (χ1) is 16.2. The first kappa shape index (κ1) is 25.9. The number of methoxy groups -OCH3 is 1. The van der Waals surface area contributed by atoms with Gasteiger partial charge in [-0.25, -0.2) is 4.79 Å². The second kappa shape index (κ2) is 12.6. The molecule has 12 heteroatoms. The maximum Gasteiger partial charge on any atom is 0.330 e. The van der Waals surface area contributed by atoms with Crippen molar-refractivity contribution >= 4 is 29.4 Å². The highest BCUT2D eigenvalue weighted by Gasteiger charge is 2.26. The van der Waals surface area contributed by atoms with Crippen molar-refractivity contribution in [2.75, 3.05) is 13.7 Å². The Morgan fingerprint density at radius 2 is 1.65 bits per heavy atom. The van der Waals surface area contributed by atoms with Gasteiger partial charge in [0.1, 0.15) is 18.3 Å². The minimum Gasteiger partial charge on any atom is -0.469 e. The van der Waals surface area contributed by atoms with Gasteiger partial charge in [-0.05, 0) is 17.7 Å². The lowest BCUT2D eigenvalue weighted by Gasteiger charge is -2.20. The quantitative estimate of drug-likeness (QED) is 0.179. The number of nitrogens with one attached hydrogen (secondary N) is 2. The summed E-state index contributed by atoms with van der Waals surface area (Å²) in [4.78, 5) is 58.6. The summed E-state index contributed by atoms with van der Waals surface area (Å²) in [6.45, 7) is -0.523. The first-order valence-electron chi connectivity index (χ1n) is 10.1. The van der Waals surface area contributed by atoms with Crippen LogP contribution in [0.3, 0.4) is 0 Å². The highest BCUT2D eigenvalue weighted by molar-refractivity contribution is 5.92. The van der Waals surface area contributed by atoms with Gasteiger partial charge in [-0.1, -0.05) is 30.3 Å². The van der Waals surface area contributed by atoms with Crippen LogP contribution in [0.25, 0.3) is 0 Å². The van der Waals surface area contributed by atoms with E-state index in [1.54, 1.807) is 30.3 Å². The summed E-state index contributed by atoms with van der Waals surface area (Å²) in [5.41, 5.74) is 6.28. The van der Waals surface area contributed by atoms with E-state index >= 15 is 0 Å². The Kier molecular flexibility index (Phi) is 9.65. The van der Waals surface area contributed by atoms with Crippen LogP contribution < -0.4 is 21.1 Å². The first-order valence-corrected chi connectivity index (χ1v) is 10.1. The molecule has 0 aliphatic heterocycles. The Labute approximate surface area is 194 Å². The number of non-ortho nitro benzene ring substituents is 1. The van der Waals surface area contributed by atoms with Gasteiger partial charge in [-0.2, -0.15) is 0 Å². The minimum absolute atomic E-state index is 0.0628. The van der Waals surface area contributed by atoms with Gasteiger partial charge in [0.25, 0.3) is 5.69 Å². The number of nitro groups is 1. The third-order valence-electron chi connectivity index (χ3n) is 4.55. The van der Waals surface area contributed by atoms with Gasteiger partial charge in [0, 0.05) is 18.6 Å². The van der Waals surface area contributed by atoms with E-state index in [2.05, 4.69) is 15.4 Å². The molecular weight excluding hydrogens is 448 g/mol. The van der Waals surface area contributed by atoms with Gasteiger partial charge in [-0.15, -0.1) is 0 Å². The number of hydrogen-bond donors (Lipinski definition) is 3. The molecular formula is C22H24N4O8. The number of amides is 2. The summed E-state index contributed by atoms with van der Waals surface area (Å²) < 4.78 is 9.53. The number of nitrogens with zero attached hydrogens (tertiary/aromatic N) is 1. The number of nitrogens with two attached hydrogens (primary N) is 1. The van der Waals surface area contributed by atoms with Gasteiger partial charge in [0.15, 0.2) is 0 Å². The molecule has 0 spiro atoms. The molecule has 0 fully saturated rings. The Morgan fingerprint density at radius 3 is 2.24 bits per heavy atom. The molecule has 0 saturated heterocycles. The average molecular weight is 472 g/mol. The van der Waals surface area contributed by atoms with Crippen LogP contribution in [0.15, 0.2) is 54.6 Å². The molecule has 34 heavy (non-hydrogen) atoms. The fourth-order valence-electron chi connectivity index (χ4n) is 2.78. The van der Waals surface area contributed by atoms with Crippen LogP contribution in [0.2, 0.25) is 0 Å². The molecule has 2 rings (SSSR count). The van der Waals surface area contributed by atoms with Crippen molar-refractivity contribution in [1.29, 1.82) is 0 Å². The van der Waals surface area contributed by atoms with Gasteiger partial charge >= 0.3 is 11.9 Å². The molecule has 0 aliphatic carbocycles. The van der Waals surface area contributed by atoms with Gasteiger partial charge in [-0.3, -0.25) is 24.5 Å². The van der Waals surface area contributed by atoms with E-state index in [0.29, 0.717) is 0 Å². The lowest BCUT2D eigenvalue weighted by molar-refractivity contribution is -0.384. The Bertz CT molecular complexity index is 1030. The smallest absolute Gasteiger partial charge is 0.330 e. The largest absolute Gasteiger partial charge is 0.469 e. The van der Waals surface area contributed by atoms with Crippen molar-refractivity contribution in [3.8, 4) is 5.75 Å². The maximum atomic E-state index is 12.7. The van der Waals surface area contributed by atoms with E-state index in [-0.39, 0.29) is 24.3 Å². The fraction of sp³-hybridized carbons (Fsp3) is 0.273. The average Bonchev–Trinajstić information content (AvgIpc) is 2.82. The predicted molar refractivity (Wildman–Crippen MR) is 118 cm³/mol. The maximum absolute atomic E-state index is 12.7. The van der Waals surface area contributed by atoms with Crippen molar-refractivity contribution in [1.82, 2.24) is 10.6 Å². The predicted octanol–water partition coefficient (Wildman–Crippen LogP) is 0.234. The van der Waals surface area contributed by atoms with Gasteiger partial charge in [0.05, 0.1) is 24.5 Å². The van der Waals surface area contributed by atoms with E-state index in [4.69, 9.17) is 10.5 Å². The van der Waals surface area contributed by atoms with Crippen LogP contribution in [-0.4, -0.2) is 54.4 Å². The summed E-state index contributed by atoms with van der Waals surface area (Å²) in [6.07, 6.45) is -0.273. The second-order valence-corrected chi connectivity index (χ2v) is 7.08. The zero-order valence-corrected chi connectivity index (χ0v) is 18.3. The second-order valence-electron chi connectivity index (χ2n) is 7.08. The summed E-state index contributed by atoms with van der Waals surface area (Å²) in [5, 5.41) is 15.5. The number of rotatable bonds is 11. The topological polar surface area (TPSA) is 180 Å². The Morgan fingerprint density at radius 1 is 1.00 bits per heavy atom. The molecule has 0 heterocycles. The van der Waals surface area contributed by atoms with Crippen LogP contribution in [0, 0.1) is 10.1 Å². The highest BCUT2D eigenvalue weighted by Crippen LogP contribution is 2.17. The van der Waals surface area contributed by atoms with Crippen LogP contribution in [0.5, 0.6) is 5.75 Å². The minimum atomic E-state index is -1.23. The lowest BCUT2D eigenvalue weighted by Crippen LogP contribution is -2.53. The van der Waals surface area contributed by atoms with E-state index in [0.717, 1.165) is 12.7 Å². The number of carbonyl (C=O) groups is 4. The van der Waals surface area contributed by atoms with Crippen LogP contribution in [0.4, 0.5) is 5.69 Å². The summed E-state index contributed by atoms with van der Waals surface area (Å²) in [7, 11) is 1.16. The van der Waals surface area contributed by atoms with Crippen molar-refractivity contribution in [2.24, 2.45) is 5.73 Å². The van der Waals surface area contributed by atoms with Crippen LogP contribution in [0.1, 0.15) is 12.0 Å². The summed E-state index contributed by atoms with van der Waals surface area (Å²) in [6, 6.07) is 11.3. The molecule has 2 aromatic carbocycles. The molecule has 2 amide bonds. The van der Waals surface area contributed by atoms with Crippen LogP contribution >= 0.6 is 0 Å². The molecule has 0 bridgehead atoms. The monoisotopic (exact) mass is 472 g/mol. The molecule has 2 atom stereocenters. The number of nitro benzene ring substituents is 1. The lowest BCUT2D eigenvalue weighted by atomic mass is 10.0. The molecule has 0 aliphatic rings. The van der Waals surface area contributed by atoms with Crippen molar-refractivity contribution < 1.29 is 33.6 Å². The summed E-state index contributed by atoms with van der Waals surface area (Å²) in [5.74, 6) is -2.86. The Balaban J connectivity index is 1.99. The highest BCUT2D eigenvalue weighted by atomic mass is 16.6. The molecule has 0 aromatic heterocycles. The molecule has 2 aromatic rings. The SMILES string of the molecule is COC(=O)CC(N)C(=O)NC(Cc1ccccc1)C(=O)NCC(=O)Oc1ccc([N+](=O)[O-])cc1.